The molecule has 1 aliphatic heterocycles. The second-order valence-electron chi connectivity index (χ2n) is 8.84. The third kappa shape index (κ3) is 6.84. The van der Waals surface area contributed by atoms with E-state index in [0.717, 1.165) is 19.3 Å². The molecule has 0 bridgehead atoms. The molecule has 1 aromatic carbocycles. The molecule has 3 unspecified atom stereocenters. The number of nitrogens with zero attached hydrogens (tertiary/aromatic N) is 1. The maximum atomic E-state index is 13.1. The Kier molecular flexibility index (Phi) is 8.22. The Bertz CT molecular complexity index is 705. The molecule has 5 nitrogen and oxygen atoms in total. The largest absolute Gasteiger partial charge is 0.391 e. The zero-order chi connectivity index (χ0) is 22.3. The molecule has 1 aromatic rings. The van der Waals surface area contributed by atoms with Gasteiger partial charge in [-0.15, -0.1) is 0 Å². The summed E-state index contributed by atoms with van der Waals surface area (Å²) in [5.74, 6) is -0.667. The summed E-state index contributed by atoms with van der Waals surface area (Å²) in [5, 5.41) is 10.4. The zero-order valence-electron chi connectivity index (χ0n) is 18.5. The molecule has 0 radical (unpaired) electrons. The van der Waals surface area contributed by atoms with Crippen LogP contribution < -0.4 is 16.0 Å². The molecule has 1 saturated carbocycles. The molecule has 0 spiro atoms. The standard InChI is InChI=1S/C23H35F3N4O/c1-17(18-7-4-3-5-8-18)30-22(11-13-31-14-12-22)16-28-21(27-2)29-20-10-6-9-19(15-20)23(24,25)26/h3-5,7-8,17,19-20,30H,6,9-16H2,1-2H3,(H2,27,28,29). The van der Waals surface area contributed by atoms with Gasteiger partial charge in [-0.3, -0.25) is 4.99 Å². The lowest BCUT2D eigenvalue weighted by Crippen LogP contribution is -2.59. The van der Waals surface area contributed by atoms with E-state index in [4.69, 9.17) is 4.74 Å². The van der Waals surface area contributed by atoms with Crippen molar-refractivity contribution >= 4 is 5.96 Å². The van der Waals surface area contributed by atoms with Crippen LogP contribution in [0.3, 0.4) is 0 Å². The number of aliphatic imine (C=N–C) groups is 1. The zero-order valence-corrected chi connectivity index (χ0v) is 18.5. The van der Waals surface area contributed by atoms with Gasteiger partial charge in [0, 0.05) is 44.4 Å². The van der Waals surface area contributed by atoms with Crippen molar-refractivity contribution in [3.63, 3.8) is 0 Å². The van der Waals surface area contributed by atoms with E-state index in [0.29, 0.717) is 32.1 Å². The monoisotopic (exact) mass is 440 g/mol. The molecule has 0 amide bonds. The van der Waals surface area contributed by atoms with Crippen molar-refractivity contribution in [2.24, 2.45) is 10.9 Å². The molecule has 1 aliphatic carbocycles. The van der Waals surface area contributed by atoms with Gasteiger partial charge >= 0.3 is 6.18 Å². The summed E-state index contributed by atoms with van der Waals surface area (Å²) in [6.45, 7) is 4.14. The van der Waals surface area contributed by atoms with E-state index in [1.807, 2.05) is 18.2 Å². The van der Waals surface area contributed by atoms with E-state index in [9.17, 15) is 13.2 Å². The van der Waals surface area contributed by atoms with E-state index in [1.165, 1.54) is 5.56 Å². The molecular formula is C23H35F3N4O. The number of ether oxygens (including phenoxy) is 1. The number of rotatable bonds is 6. The van der Waals surface area contributed by atoms with Crippen molar-refractivity contribution in [1.82, 2.24) is 16.0 Å². The van der Waals surface area contributed by atoms with Gasteiger partial charge in [0.2, 0.25) is 0 Å². The summed E-state index contributed by atoms with van der Waals surface area (Å²) >= 11 is 0. The van der Waals surface area contributed by atoms with Crippen LogP contribution in [0.2, 0.25) is 0 Å². The Morgan fingerprint density at radius 1 is 1.19 bits per heavy atom. The topological polar surface area (TPSA) is 57.7 Å². The SMILES string of the molecule is CN=C(NCC1(NC(C)c2ccccc2)CCOCC1)NC1CCCC(C(F)(F)F)C1. The first-order chi connectivity index (χ1) is 14.8. The Morgan fingerprint density at radius 2 is 1.90 bits per heavy atom. The molecule has 3 rings (SSSR count). The number of guanidine groups is 1. The average molecular weight is 441 g/mol. The lowest BCUT2D eigenvalue weighted by molar-refractivity contribution is -0.183. The number of nitrogens with one attached hydrogen (secondary N) is 3. The Morgan fingerprint density at radius 3 is 2.55 bits per heavy atom. The Labute approximate surface area is 183 Å². The number of alkyl halides is 3. The van der Waals surface area contributed by atoms with Gasteiger partial charge < -0.3 is 20.7 Å². The summed E-state index contributed by atoms with van der Waals surface area (Å²) in [6, 6.07) is 10.2. The Balaban J connectivity index is 1.59. The van der Waals surface area contributed by atoms with Crippen LogP contribution in [-0.2, 0) is 4.74 Å². The predicted octanol–water partition coefficient (Wildman–Crippen LogP) is 4.17. The third-order valence-corrected chi connectivity index (χ3v) is 6.57. The van der Waals surface area contributed by atoms with Gasteiger partial charge in [-0.05, 0) is 44.6 Å². The highest BCUT2D eigenvalue weighted by Gasteiger charge is 2.42. The first-order valence-corrected chi connectivity index (χ1v) is 11.3. The van der Waals surface area contributed by atoms with Gasteiger partial charge in [0.1, 0.15) is 0 Å². The molecule has 3 atom stereocenters. The van der Waals surface area contributed by atoms with Crippen LogP contribution in [0.25, 0.3) is 0 Å². The fourth-order valence-corrected chi connectivity index (χ4v) is 4.68. The summed E-state index contributed by atoms with van der Waals surface area (Å²) < 4.78 is 45.0. The van der Waals surface area contributed by atoms with Gasteiger partial charge in [0.15, 0.2) is 5.96 Å². The number of benzene rings is 1. The fourth-order valence-electron chi connectivity index (χ4n) is 4.68. The van der Waals surface area contributed by atoms with Crippen molar-refractivity contribution in [1.29, 1.82) is 0 Å². The second kappa shape index (κ2) is 10.7. The summed E-state index contributed by atoms with van der Waals surface area (Å²) in [7, 11) is 1.66. The lowest BCUT2D eigenvalue weighted by Gasteiger charge is -2.41. The highest BCUT2D eigenvalue weighted by atomic mass is 19.4. The number of halogens is 3. The van der Waals surface area contributed by atoms with Gasteiger partial charge in [-0.25, -0.2) is 0 Å². The van der Waals surface area contributed by atoms with Crippen LogP contribution in [0.1, 0.15) is 57.1 Å². The van der Waals surface area contributed by atoms with Crippen molar-refractivity contribution in [2.45, 2.75) is 69.2 Å². The second-order valence-corrected chi connectivity index (χ2v) is 8.84. The minimum Gasteiger partial charge on any atom is -0.381 e. The molecule has 2 aliphatic rings. The summed E-state index contributed by atoms with van der Waals surface area (Å²) in [6.07, 6.45) is -0.779. The average Bonchev–Trinajstić information content (AvgIpc) is 2.77. The predicted molar refractivity (Wildman–Crippen MR) is 117 cm³/mol. The number of hydrogen-bond acceptors (Lipinski definition) is 3. The molecule has 0 aromatic heterocycles. The smallest absolute Gasteiger partial charge is 0.381 e. The highest BCUT2D eigenvalue weighted by molar-refractivity contribution is 5.80. The molecule has 8 heteroatoms. The van der Waals surface area contributed by atoms with Crippen LogP contribution in [0.15, 0.2) is 35.3 Å². The maximum absolute atomic E-state index is 13.1. The quantitative estimate of drug-likeness (QED) is 0.459. The van der Waals surface area contributed by atoms with E-state index < -0.39 is 12.1 Å². The van der Waals surface area contributed by atoms with Gasteiger partial charge in [-0.1, -0.05) is 36.8 Å². The van der Waals surface area contributed by atoms with Crippen LogP contribution >= 0.6 is 0 Å². The fraction of sp³-hybridized carbons (Fsp3) is 0.696. The normalized spacial score (nSPS) is 25.6. The van der Waals surface area contributed by atoms with E-state index in [-0.39, 0.29) is 30.5 Å². The van der Waals surface area contributed by atoms with E-state index in [1.54, 1.807) is 7.05 Å². The van der Waals surface area contributed by atoms with Crippen LogP contribution in [0.4, 0.5) is 13.2 Å². The first-order valence-electron chi connectivity index (χ1n) is 11.3. The molecule has 1 heterocycles. The van der Waals surface area contributed by atoms with Crippen molar-refractivity contribution in [2.75, 3.05) is 26.8 Å². The molecule has 1 saturated heterocycles. The summed E-state index contributed by atoms with van der Waals surface area (Å²) in [4.78, 5) is 4.28. The maximum Gasteiger partial charge on any atom is 0.391 e. The minimum atomic E-state index is -4.12. The number of hydrogen-bond donors (Lipinski definition) is 3. The highest BCUT2D eigenvalue weighted by Crippen LogP contribution is 2.37. The molecule has 2 fully saturated rings. The molecule has 174 valence electrons. The van der Waals surface area contributed by atoms with E-state index >= 15 is 0 Å². The van der Waals surface area contributed by atoms with Gasteiger partial charge in [-0.2, -0.15) is 13.2 Å². The third-order valence-electron chi connectivity index (χ3n) is 6.57. The lowest BCUT2D eigenvalue weighted by atomic mass is 9.85. The van der Waals surface area contributed by atoms with E-state index in [2.05, 4.69) is 40.0 Å². The Hall–Kier alpha value is -1.80. The van der Waals surface area contributed by atoms with Crippen molar-refractivity contribution in [3.8, 4) is 0 Å². The van der Waals surface area contributed by atoms with Crippen LogP contribution in [0, 0.1) is 5.92 Å². The van der Waals surface area contributed by atoms with Gasteiger partial charge in [0.05, 0.1) is 5.92 Å². The van der Waals surface area contributed by atoms with Gasteiger partial charge in [0.25, 0.3) is 0 Å². The molecule has 3 N–H and O–H groups in total. The van der Waals surface area contributed by atoms with Crippen LogP contribution in [0.5, 0.6) is 0 Å². The summed E-state index contributed by atoms with van der Waals surface area (Å²) in [5.41, 5.74) is 1.04. The molecule has 31 heavy (non-hydrogen) atoms. The van der Waals surface area contributed by atoms with Crippen molar-refractivity contribution in [3.05, 3.63) is 35.9 Å². The first kappa shape index (κ1) is 23.9. The molecular weight excluding hydrogens is 405 g/mol. The minimum absolute atomic E-state index is 0.104. The van der Waals surface area contributed by atoms with Crippen molar-refractivity contribution < 1.29 is 17.9 Å². The van der Waals surface area contributed by atoms with Crippen LogP contribution in [-0.4, -0.2) is 50.5 Å².